The number of hydrogen-bond donors (Lipinski definition) is 0. The molecule has 1 heterocycles. The monoisotopic (exact) mass is 365 g/mol. The lowest BCUT2D eigenvalue weighted by molar-refractivity contribution is -0.149. The minimum absolute atomic E-state index is 0.0858. The Morgan fingerprint density at radius 3 is 2.37 bits per heavy atom. The topological polar surface area (TPSA) is 88.4 Å². The van der Waals surface area contributed by atoms with E-state index in [-0.39, 0.29) is 18.1 Å². The molecule has 0 saturated carbocycles. The van der Waals surface area contributed by atoms with Gasteiger partial charge in [-0.15, -0.1) is 10.0 Å². The van der Waals surface area contributed by atoms with Crippen molar-refractivity contribution in [3.63, 3.8) is 0 Å². The van der Waals surface area contributed by atoms with Crippen LogP contribution < -0.4 is 0 Å². The fourth-order valence-corrected chi connectivity index (χ4v) is 3.08. The highest BCUT2D eigenvalue weighted by Gasteiger charge is 2.47. The number of carbonyl (C=O) groups excluding carboxylic acids is 2. The molecular weight excluding hydrogens is 346 g/mol. The Hall–Kier alpha value is -3.35. The van der Waals surface area contributed by atoms with Gasteiger partial charge in [0.15, 0.2) is 6.04 Å². The lowest BCUT2D eigenvalue weighted by atomic mass is 9.85. The fourth-order valence-electron chi connectivity index (χ4n) is 3.08. The second-order valence-electron chi connectivity index (χ2n) is 6.17. The van der Waals surface area contributed by atoms with Crippen LogP contribution in [0.4, 0.5) is 0 Å². The van der Waals surface area contributed by atoms with E-state index in [0.29, 0.717) is 11.1 Å². The van der Waals surface area contributed by atoms with E-state index in [4.69, 9.17) is 4.74 Å². The van der Waals surface area contributed by atoms with Crippen molar-refractivity contribution in [2.75, 3.05) is 6.61 Å². The molecule has 138 valence electrons. The zero-order chi connectivity index (χ0) is 19.4. The molecule has 2 unspecified atom stereocenters. The van der Waals surface area contributed by atoms with Crippen molar-refractivity contribution in [1.82, 2.24) is 5.12 Å². The van der Waals surface area contributed by atoms with E-state index in [0.717, 1.165) is 10.7 Å². The Morgan fingerprint density at radius 2 is 1.78 bits per heavy atom. The molecule has 0 fully saturated rings. The van der Waals surface area contributed by atoms with Crippen LogP contribution in [0.5, 0.6) is 0 Å². The van der Waals surface area contributed by atoms with Gasteiger partial charge in [0.1, 0.15) is 5.71 Å². The molecule has 2 aromatic rings. The number of nitroso groups, excluding NO2 is 1. The van der Waals surface area contributed by atoms with Gasteiger partial charge in [0, 0.05) is 5.56 Å². The Balaban J connectivity index is 2.06. The number of ether oxygens (including phenoxy) is 1. The highest BCUT2D eigenvalue weighted by Crippen LogP contribution is 2.34. The van der Waals surface area contributed by atoms with Crippen molar-refractivity contribution in [1.29, 1.82) is 0 Å². The summed E-state index contributed by atoms with van der Waals surface area (Å²) in [6, 6.07) is 14.9. The third kappa shape index (κ3) is 3.62. The zero-order valence-electron chi connectivity index (χ0n) is 15.0. The third-order valence-electron chi connectivity index (χ3n) is 4.39. The van der Waals surface area contributed by atoms with E-state index < -0.39 is 17.9 Å². The second kappa shape index (κ2) is 7.90. The Morgan fingerprint density at radius 1 is 1.11 bits per heavy atom. The first-order valence-electron chi connectivity index (χ1n) is 8.60. The standard InChI is InChI=1S/C20H19N3O4/c1-3-27-20(25)18-16(14-7-5-4-6-8-14)17(21-23(18)22-26)19(24)15-11-9-13(2)10-12-15/h4-12,16,18H,3H2,1-2H3. The molecule has 3 rings (SSSR count). The van der Waals surface area contributed by atoms with Crippen molar-refractivity contribution < 1.29 is 14.3 Å². The number of nitrogens with zero attached hydrogens (tertiary/aromatic N) is 3. The molecule has 1 aliphatic rings. The summed E-state index contributed by atoms with van der Waals surface area (Å²) in [7, 11) is 0. The van der Waals surface area contributed by atoms with Crippen LogP contribution in [0.3, 0.4) is 0 Å². The summed E-state index contributed by atoms with van der Waals surface area (Å²) in [5.41, 5.74) is 2.21. The predicted molar refractivity (Wildman–Crippen MR) is 100 cm³/mol. The van der Waals surface area contributed by atoms with E-state index in [9.17, 15) is 14.5 Å². The number of Topliss-reactive ketones (excluding diaryl/α,β-unsaturated/α-hetero) is 1. The average Bonchev–Trinajstić information content (AvgIpc) is 3.08. The molecule has 0 radical (unpaired) electrons. The number of hydrogen-bond acceptors (Lipinski definition) is 6. The number of hydrazone groups is 1. The Bertz CT molecular complexity index is 878. The first kappa shape index (κ1) is 18.4. The molecule has 0 saturated heterocycles. The Kier molecular flexibility index (Phi) is 5.40. The summed E-state index contributed by atoms with van der Waals surface area (Å²) in [6.45, 7) is 3.73. The zero-order valence-corrected chi connectivity index (χ0v) is 15.0. The van der Waals surface area contributed by atoms with Gasteiger partial charge in [-0.3, -0.25) is 4.79 Å². The molecule has 0 bridgehead atoms. The summed E-state index contributed by atoms with van der Waals surface area (Å²) in [5, 5.41) is 7.63. The largest absolute Gasteiger partial charge is 0.464 e. The molecule has 7 nitrogen and oxygen atoms in total. The normalized spacial score (nSPS) is 18.7. The SMILES string of the molecule is CCOC(=O)C1C(c2ccccc2)C(C(=O)c2ccc(C)cc2)=NN1N=O. The van der Waals surface area contributed by atoms with E-state index in [1.165, 1.54) is 0 Å². The molecule has 0 amide bonds. The van der Waals surface area contributed by atoms with Crippen LogP contribution in [-0.2, 0) is 9.53 Å². The molecule has 0 aromatic heterocycles. The minimum Gasteiger partial charge on any atom is -0.464 e. The van der Waals surface area contributed by atoms with Crippen molar-refractivity contribution in [2.45, 2.75) is 25.8 Å². The van der Waals surface area contributed by atoms with E-state index in [1.807, 2.05) is 25.1 Å². The first-order valence-corrected chi connectivity index (χ1v) is 8.60. The van der Waals surface area contributed by atoms with Gasteiger partial charge < -0.3 is 4.74 Å². The lowest BCUT2D eigenvalue weighted by Crippen LogP contribution is -2.39. The van der Waals surface area contributed by atoms with Crippen LogP contribution in [0.2, 0.25) is 0 Å². The number of carbonyl (C=O) groups is 2. The maximum atomic E-state index is 13.1. The van der Waals surface area contributed by atoms with Gasteiger partial charge >= 0.3 is 5.97 Å². The van der Waals surface area contributed by atoms with E-state index in [2.05, 4.69) is 10.4 Å². The van der Waals surface area contributed by atoms with Crippen LogP contribution in [0, 0.1) is 11.8 Å². The molecular formula is C20H19N3O4. The highest BCUT2D eigenvalue weighted by atomic mass is 16.5. The summed E-state index contributed by atoms with van der Waals surface area (Å²) >= 11 is 0. The average molecular weight is 365 g/mol. The molecule has 7 heteroatoms. The van der Waals surface area contributed by atoms with Crippen molar-refractivity contribution in [3.8, 4) is 0 Å². The van der Waals surface area contributed by atoms with Gasteiger partial charge in [-0.05, 0) is 19.4 Å². The minimum atomic E-state index is -1.12. The summed E-state index contributed by atoms with van der Waals surface area (Å²) < 4.78 is 5.10. The van der Waals surface area contributed by atoms with Gasteiger partial charge in [0.05, 0.1) is 17.8 Å². The van der Waals surface area contributed by atoms with E-state index in [1.54, 1.807) is 43.3 Å². The maximum absolute atomic E-state index is 13.1. The van der Waals surface area contributed by atoms with Crippen molar-refractivity contribution in [3.05, 3.63) is 76.2 Å². The van der Waals surface area contributed by atoms with Crippen molar-refractivity contribution in [2.24, 2.45) is 10.4 Å². The number of esters is 1. The van der Waals surface area contributed by atoms with Gasteiger partial charge in [-0.1, -0.05) is 60.2 Å². The van der Waals surface area contributed by atoms with Crippen LogP contribution in [0.15, 0.2) is 65.0 Å². The fraction of sp³-hybridized carbons (Fsp3) is 0.250. The number of benzene rings is 2. The van der Waals surface area contributed by atoms with Crippen LogP contribution in [0.1, 0.15) is 34.3 Å². The number of rotatable bonds is 6. The maximum Gasteiger partial charge on any atom is 0.334 e. The van der Waals surface area contributed by atoms with Crippen LogP contribution in [-0.4, -0.2) is 35.2 Å². The molecule has 27 heavy (non-hydrogen) atoms. The second-order valence-corrected chi connectivity index (χ2v) is 6.17. The number of ketones is 1. The summed E-state index contributed by atoms with van der Waals surface area (Å²) in [6.07, 6.45) is 0. The summed E-state index contributed by atoms with van der Waals surface area (Å²) in [5.74, 6) is -1.76. The van der Waals surface area contributed by atoms with Gasteiger partial charge in [-0.2, -0.15) is 5.10 Å². The lowest BCUT2D eigenvalue weighted by Gasteiger charge is -2.21. The smallest absolute Gasteiger partial charge is 0.334 e. The van der Waals surface area contributed by atoms with Gasteiger partial charge in [0.2, 0.25) is 5.78 Å². The molecule has 1 aliphatic heterocycles. The van der Waals surface area contributed by atoms with Gasteiger partial charge in [0.25, 0.3) is 0 Å². The molecule has 0 aliphatic carbocycles. The molecule has 2 aromatic carbocycles. The van der Waals surface area contributed by atoms with Gasteiger partial charge in [-0.25, -0.2) is 4.79 Å². The first-order chi connectivity index (χ1) is 13.1. The van der Waals surface area contributed by atoms with Crippen LogP contribution >= 0.6 is 0 Å². The third-order valence-corrected chi connectivity index (χ3v) is 4.39. The molecule has 2 atom stereocenters. The highest BCUT2D eigenvalue weighted by molar-refractivity contribution is 6.48. The van der Waals surface area contributed by atoms with Crippen molar-refractivity contribution >= 4 is 17.5 Å². The summed E-state index contributed by atoms with van der Waals surface area (Å²) in [4.78, 5) is 36.9. The predicted octanol–water partition coefficient (Wildman–Crippen LogP) is 3.25. The number of aryl methyl sites for hydroxylation is 1. The van der Waals surface area contributed by atoms with E-state index >= 15 is 0 Å². The molecule has 0 N–H and O–H groups in total. The van der Waals surface area contributed by atoms with Crippen LogP contribution in [0.25, 0.3) is 0 Å². The Labute approximate surface area is 156 Å². The quantitative estimate of drug-likeness (QED) is 0.445. The molecule has 0 spiro atoms.